The normalized spacial score (nSPS) is 24.6. The summed E-state index contributed by atoms with van der Waals surface area (Å²) in [6.45, 7) is 4.21. The van der Waals surface area contributed by atoms with Gasteiger partial charge in [0.1, 0.15) is 11.5 Å². The van der Waals surface area contributed by atoms with Crippen LogP contribution in [0.25, 0.3) is 0 Å². The third-order valence-electron chi connectivity index (χ3n) is 5.08. The van der Waals surface area contributed by atoms with Gasteiger partial charge in [-0.3, -0.25) is 0 Å². The molecule has 0 saturated carbocycles. The Morgan fingerprint density at radius 3 is 2.55 bits per heavy atom. The number of ether oxygens (including phenoxy) is 1. The van der Waals surface area contributed by atoms with E-state index < -0.39 is 12.6 Å². The third kappa shape index (κ3) is 6.12. The molecular formula is C20H25Cl2N4O2P2S+. The quantitative estimate of drug-likeness (QED) is 0.257. The van der Waals surface area contributed by atoms with Crippen LogP contribution >= 0.6 is 35.1 Å². The van der Waals surface area contributed by atoms with Crippen LogP contribution in [-0.4, -0.2) is 51.8 Å². The molecule has 11 heteroatoms. The number of hydrazone groups is 2. The number of benzene rings is 1. The molecule has 1 aliphatic carbocycles. The van der Waals surface area contributed by atoms with Crippen LogP contribution in [0.3, 0.4) is 0 Å². The second-order valence-corrected chi connectivity index (χ2v) is 17.8. The minimum atomic E-state index is -2.59. The molecule has 3 rings (SSSR count). The molecule has 0 saturated heterocycles. The van der Waals surface area contributed by atoms with Crippen molar-refractivity contribution in [2.75, 3.05) is 14.1 Å². The van der Waals surface area contributed by atoms with Crippen molar-refractivity contribution in [3.63, 3.8) is 0 Å². The van der Waals surface area contributed by atoms with Crippen LogP contribution in [0.4, 0.5) is 0 Å². The summed E-state index contributed by atoms with van der Waals surface area (Å²) in [6.07, 6.45) is 10.5. The van der Waals surface area contributed by atoms with Crippen molar-refractivity contribution in [1.82, 2.24) is 9.56 Å². The van der Waals surface area contributed by atoms with Crippen molar-refractivity contribution in [1.29, 1.82) is 0 Å². The predicted molar refractivity (Wildman–Crippen MR) is 138 cm³/mol. The first-order valence-corrected chi connectivity index (χ1v) is 15.4. The van der Waals surface area contributed by atoms with E-state index in [9.17, 15) is 5.11 Å². The number of aromatic hydroxyl groups is 1. The van der Waals surface area contributed by atoms with Crippen LogP contribution in [-0.2, 0) is 16.5 Å². The molecule has 166 valence electrons. The summed E-state index contributed by atoms with van der Waals surface area (Å²) < 4.78 is 9.76. The zero-order valence-corrected chi connectivity index (χ0v) is 21.8. The number of nitrogens with zero attached hydrogens (tertiary/aromatic N) is 4. The summed E-state index contributed by atoms with van der Waals surface area (Å²) >= 11 is 16.9. The summed E-state index contributed by atoms with van der Waals surface area (Å²) in [4.78, 5) is -2.59. The van der Waals surface area contributed by atoms with Crippen molar-refractivity contribution in [2.45, 2.75) is 25.6 Å². The first-order valence-electron chi connectivity index (χ1n) is 9.56. The zero-order chi connectivity index (χ0) is 22.8. The Kier molecular flexibility index (Phi) is 7.55. The predicted octanol–water partition coefficient (Wildman–Crippen LogP) is 6.07. The molecule has 1 aromatic rings. The van der Waals surface area contributed by atoms with Crippen molar-refractivity contribution >= 4 is 64.6 Å². The maximum absolute atomic E-state index is 9.39. The maximum atomic E-state index is 9.39. The van der Waals surface area contributed by atoms with Crippen LogP contribution in [0.5, 0.6) is 5.75 Å². The molecule has 1 aromatic carbocycles. The molecule has 1 heterocycles. The van der Waals surface area contributed by atoms with Crippen LogP contribution < -0.4 is 0 Å². The van der Waals surface area contributed by atoms with E-state index >= 15 is 0 Å². The van der Waals surface area contributed by atoms with Crippen LogP contribution in [0, 0.1) is 5.92 Å². The Bertz CT molecular complexity index is 1040. The average molecular weight is 518 g/mol. The smallest absolute Gasteiger partial charge is 0.347 e. The van der Waals surface area contributed by atoms with Gasteiger partial charge in [-0.2, -0.15) is 5.10 Å². The summed E-state index contributed by atoms with van der Waals surface area (Å²) in [5, 5.41) is 19.2. The lowest BCUT2D eigenvalue weighted by Gasteiger charge is -2.19. The number of halogens is 2. The number of phenolic OH excluding ortho intramolecular Hbond substituents is 1. The Hall–Kier alpha value is -1.36. The number of hydrogen-bond donors (Lipinski definition) is 1. The highest BCUT2D eigenvalue weighted by molar-refractivity contribution is 8.37. The fourth-order valence-corrected chi connectivity index (χ4v) is 6.01. The molecule has 3 atom stereocenters. The van der Waals surface area contributed by atoms with Crippen molar-refractivity contribution in [3.8, 4) is 5.75 Å². The fourth-order valence-electron chi connectivity index (χ4n) is 3.08. The van der Waals surface area contributed by atoms with E-state index in [2.05, 4.69) is 36.2 Å². The fraction of sp³-hybridized carbons (Fsp3) is 0.350. The summed E-state index contributed by atoms with van der Waals surface area (Å²) in [6, 6.07) is 6.94. The van der Waals surface area contributed by atoms with E-state index in [0.29, 0.717) is 0 Å². The number of phenols is 1. The Morgan fingerprint density at radius 2 is 1.97 bits per heavy atom. The standard InChI is InChI=1S/C20H24Cl2N4O2P2S/c1-15-20(2,29(15)25(3)23-13-16-5-9-18(27)10-6-16)28-19-11-7-17(8-12-19)14-24-26(4)30(21,22)31/h5-7,9-14,17H,8H2,1-4H3/p+1/b24-14+. The zero-order valence-electron chi connectivity index (χ0n) is 17.7. The number of hydrogen-bond acceptors (Lipinski definition) is 6. The molecule has 2 aliphatic rings. The minimum Gasteiger partial charge on any atom is -0.508 e. The van der Waals surface area contributed by atoms with E-state index in [1.165, 1.54) is 10.1 Å². The lowest BCUT2D eigenvalue weighted by molar-refractivity contribution is 0.170. The summed E-state index contributed by atoms with van der Waals surface area (Å²) in [5.41, 5.74) is 0.928. The van der Waals surface area contributed by atoms with Gasteiger partial charge in [-0.1, -0.05) is 6.08 Å². The number of allylic oxidation sites excluding steroid dienone is 3. The largest absolute Gasteiger partial charge is 0.508 e. The van der Waals surface area contributed by atoms with Gasteiger partial charge in [-0.25, -0.2) is 4.78 Å². The van der Waals surface area contributed by atoms with Gasteiger partial charge in [0.15, 0.2) is 0 Å². The minimum absolute atomic E-state index is 0.140. The SMILES string of the molecule is CC1=[P+](N(C)/N=C/c2ccc(O)cc2)C1(C)OC1=CCC(/C=N/N(C)P(=S)(Cl)Cl)C=C1. The van der Waals surface area contributed by atoms with Gasteiger partial charge in [0.25, 0.3) is 7.70 Å². The third-order valence-corrected chi connectivity index (χ3v) is 10.6. The molecule has 0 amide bonds. The van der Waals surface area contributed by atoms with Gasteiger partial charge in [0.2, 0.25) is 10.2 Å². The van der Waals surface area contributed by atoms with E-state index in [0.717, 1.165) is 17.7 Å². The van der Waals surface area contributed by atoms with E-state index in [-0.39, 0.29) is 17.0 Å². The van der Waals surface area contributed by atoms with Gasteiger partial charge in [-0.05, 0) is 82.7 Å². The van der Waals surface area contributed by atoms with Crippen molar-refractivity contribution in [2.24, 2.45) is 16.1 Å². The van der Waals surface area contributed by atoms with Gasteiger partial charge in [-0.15, -0.1) is 9.88 Å². The lowest BCUT2D eigenvalue weighted by Crippen LogP contribution is -2.19. The van der Waals surface area contributed by atoms with Crippen molar-refractivity contribution < 1.29 is 9.84 Å². The molecule has 0 fully saturated rings. The summed E-state index contributed by atoms with van der Waals surface area (Å²) in [7, 11) is 3.00. The Morgan fingerprint density at radius 1 is 1.29 bits per heavy atom. The first kappa shape index (κ1) is 24.3. The van der Waals surface area contributed by atoms with Gasteiger partial charge >= 0.3 is 5.34 Å². The second-order valence-electron chi connectivity index (χ2n) is 7.36. The molecule has 3 unspecified atom stereocenters. The Balaban J connectivity index is 1.56. The first-order chi connectivity index (χ1) is 14.5. The second kappa shape index (κ2) is 9.64. The topological polar surface area (TPSA) is 60.7 Å². The Labute approximate surface area is 198 Å². The summed E-state index contributed by atoms with van der Waals surface area (Å²) in [5.74, 6) is 1.23. The highest BCUT2D eigenvalue weighted by Gasteiger charge is 2.68. The van der Waals surface area contributed by atoms with Crippen LogP contribution in [0.15, 0.2) is 58.5 Å². The molecule has 31 heavy (non-hydrogen) atoms. The van der Waals surface area contributed by atoms with Crippen LogP contribution in [0.1, 0.15) is 25.8 Å². The highest BCUT2D eigenvalue weighted by atomic mass is 35.9. The molecule has 0 aromatic heterocycles. The average Bonchev–Trinajstić information content (AvgIpc) is 3.25. The van der Waals surface area contributed by atoms with Gasteiger partial charge in [0, 0.05) is 33.0 Å². The molecule has 0 bridgehead atoms. The molecular weight excluding hydrogens is 493 g/mol. The monoisotopic (exact) mass is 517 g/mol. The van der Waals surface area contributed by atoms with E-state index in [4.69, 9.17) is 39.0 Å². The maximum Gasteiger partial charge on any atom is 0.347 e. The van der Waals surface area contributed by atoms with Gasteiger partial charge < -0.3 is 9.84 Å². The molecule has 6 nitrogen and oxygen atoms in total. The molecule has 0 radical (unpaired) electrons. The van der Waals surface area contributed by atoms with E-state index in [1.807, 2.05) is 30.0 Å². The van der Waals surface area contributed by atoms with Crippen LogP contribution in [0.2, 0.25) is 0 Å². The molecule has 1 aliphatic heterocycles. The highest BCUT2D eigenvalue weighted by Crippen LogP contribution is 2.62. The van der Waals surface area contributed by atoms with Crippen molar-refractivity contribution in [3.05, 3.63) is 53.8 Å². The van der Waals surface area contributed by atoms with Gasteiger partial charge in [0.05, 0.1) is 13.3 Å². The molecule has 0 spiro atoms. The molecule has 1 N–H and O–H groups in total. The number of rotatable bonds is 8. The van der Waals surface area contributed by atoms with E-state index in [1.54, 1.807) is 31.6 Å². The lowest BCUT2D eigenvalue weighted by atomic mass is 10.0.